The highest BCUT2D eigenvalue weighted by molar-refractivity contribution is 7.80. The van der Waals surface area contributed by atoms with E-state index in [0.717, 1.165) is 12.2 Å². The normalized spacial score (nSPS) is 10.7. The van der Waals surface area contributed by atoms with E-state index in [4.69, 9.17) is 4.42 Å². The molecule has 0 saturated heterocycles. The van der Waals surface area contributed by atoms with Gasteiger partial charge in [-0.15, -0.1) is 0 Å². The number of furan rings is 1. The average molecular weight is 212 g/mol. The third-order valence-corrected chi connectivity index (χ3v) is 1.85. The van der Waals surface area contributed by atoms with E-state index < -0.39 is 5.97 Å². The minimum absolute atomic E-state index is 0.220. The number of ether oxygens (including phenoxy) is 1. The monoisotopic (exact) mass is 212 g/mol. The Morgan fingerprint density at radius 3 is 3.07 bits per heavy atom. The Labute approximate surface area is 88.2 Å². The Balaban J connectivity index is 2.63. The molecule has 0 aromatic carbocycles. The van der Waals surface area contributed by atoms with E-state index in [2.05, 4.69) is 17.4 Å². The number of thiol groups is 1. The summed E-state index contributed by atoms with van der Waals surface area (Å²) in [5.41, 5.74) is 0. The highest BCUT2D eigenvalue weighted by Crippen LogP contribution is 2.10. The van der Waals surface area contributed by atoms with Gasteiger partial charge in [-0.05, 0) is 30.4 Å². The highest BCUT2D eigenvalue weighted by Gasteiger charge is 2.08. The minimum Gasteiger partial charge on any atom is -0.463 e. The molecule has 14 heavy (non-hydrogen) atoms. The highest BCUT2D eigenvalue weighted by atomic mass is 32.1. The number of rotatable bonds is 4. The van der Waals surface area contributed by atoms with Crippen molar-refractivity contribution in [1.82, 2.24) is 0 Å². The van der Waals surface area contributed by atoms with E-state index in [1.165, 1.54) is 7.11 Å². The standard InChI is InChI=1S/C10H12O3S/c1-12-10(11)9-6-5-8(13-9)4-2-3-7-14/h2,4-6,14H,3,7H2,1H3. The van der Waals surface area contributed by atoms with Gasteiger partial charge < -0.3 is 9.15 Å². The van der Waals surface area contributed by atoms with Gasteiger partial charge in [0, 0.05) is 0 Å². The Morgan fingerprint density at radius 1 is 1.64 bits per heavy atom. The van der Waals surface area contributed by atoms with Crippen molar-refractivity contribution in [3.05, 3.63) is 29.7 Å². The topological polar surface area (TPSA) is 39.4 Å². The number of methoxy groups -OCH3 is 1. The fraction of sp³-hybridized carbons (Fsp3) is 0.300. The summed E-state index contributed by atoms with van der Waals surface area (Å²) in [5.74, 6) is 1.20. The van der Waals surface area contributed by atoms with Gasteiger partial charge in [-0.2, -0.15) is 12.6 Å². The fourth-order valence-electron chi connectivity index (χ4n) is 0.927. The Morgan fingerprint density at radius 2 is 2.43 bits per heavy atom. The summed E-state index contributed by atoms with van der Waals surface area (Å²) in [6.45, 7) is 0. The van der Waals surface area contributed by atoms with Crippen molar-refractivity contribution in [2.75, 3.05) is 12.9 Å². The predicted molar refractivity (Wildman–Crippen MR) is 57.6 cm³/mol. The Bertz CT molecular complexity index is 328. The fourth-order valence-corrected chi connectivity index (χ4v) is 1.08. The lowest BCUT2D eigenvalue weighted by Gasteiger charge is -1.91. The maximum atomic E-state index is 11.0. The zero-order valence-electron chi connectivity index (χ0n) is 7.90. The van der Waals surface area contributed by atoms with Crippen molar-refractivity contribution >= 4 is 24.7 Å². The molecular formula is C10H12O3S. The van der Waals surface area contributed by atoms with Crippen LogP contribution in [-0.4, -0.2) is 18.8 Å². The first-order valence-electron chi connectivity index (χ1n) is 4.23. The number of hydrogen-bond donors (Lipinski definition) is 1. The van der Waals surface area contributed by atoms with E-state index >= 15 is 0 Å². The van der Waals surface area contributed by atoms with E-state index in [9.17, 15) is 4.79 Å². The number of allylic oxidation sites excluding steroid dienone is 1. The molecule has 3 nitrogen and oxygen atoms in total. The second kappa shape index (κ2) is 5.54. The van der Waals surface area contributed by atoms with Gasteiger partial charge in [-0.25, -0.2) is 4.79 Å². The van der Waals surface area contributed by atoms with Gasteiger partial charge in [0.1, 0.15) is 5.76 Å². The van der Waals surface area contributed by atoms with Crippen molar-refractivity contribution in [3.8, 4) is 0 Å². The lowest BCUT2D eigenvalue weighted by Crippen LogP contribution is -1.98. The number of carbonyl (C=O) groups is 1. The van der Waals surface area contributed by atoms with Crippen LogP contribution in [0.4, 0.5) is 0 Å². The van der Waals surface area contributed by atoms with Crippen LogP contribution in [0.3, 0.4) is 0 Å². The van der Waals surface area contributed by atoms with E-state index in [-0.39, 0.29) is 5.76 Å². The molecule has 0 saturated carbocycles. The van der Waals surface area contributed by atoms with Crippen LogP contribution < -0.4 is 0 Å². The van der Waals surface area contributed by atoms with Crippen LogP contribution in [0.2, 0.25) is 0 Å². The maximum absolute atomic E-state index is 11.0. The van der Waals surface area contributed by atoms with Gasteiger partial charge >= 0.3 is 5.97 Å². The quantitative estimate of drug-likeness (QED) is 0.615. The summed E-state index contributed by atoms with van der Waals surface area (Å²) in [5, 5.41) is 0. The van der Waals surface area contributed by atoms with Crippen molar-refractivity contribution < 1.29 is 13.9 Å². The van der Waals surface area contributed by atoms with Crippen LogP contribution in [0, 0.1) is 0 Å². The lowest BCUT2D eigenvalue weighted by atomic mass is 10.3. The Kier molecular flexibility index (Phi) is 4.32. The number of carbonyl (C=O) groups excluding carboxylic acids is 1. The first-order valence-corrected chi connectivity index (χ1v) is 4.86. The molecule has 76 valence electrons. The molecule has 0 aliphatic heterocycles. The maximum Gasteiger partial charge on any atom is 0.373 e. The molecule has 0 spiro atoms. The van der Waals surface area contributed by atoms with Gasteiger partial charge in [0.2, 0.25) is 5.76 Å². The molecule has 0 atom stereocenters. The van der Waals surface area contributed by atoms with Crippen LogP contribution in [0.5, 0.6) is 0 Å². The van der Waals surface area contributed by atoms with Gasteiger partial charge in [-0.1, -0.05) is 6.08 Å². The zero-order valence-corrected chi connectivity index (χ0v) is 8.79. The molecule has 0 bridgehead atoms. The zero-order chi connectivity index (χ0) is 10.4. The predicted octanol–water partition coefficient (Wildman–Crippen LogP) is 2.40. The van der Waals surface area contributed by atoms with Gasteiger partial charge in [0.25, 0.3) is 0 Å². The van der Waals surface area contributed by atoms with E-state index in [1.54, 1.807) is 12.1 Å². The van der Waals surface area contributed by atoms with Crippen LogP contribution in [0.25, 0.3) is 6.08 Å². The molecule has 1 heterocycles. The summed E-state index contributed by atoms with van der Waals surface area (Å²) >= 11 is 4.06. The van der Waals surface area contributed by atoms with Crippen LogP contribution in [0.1, 0.15) is 22.7 Å². The first kappa shape index (κ1) is 10.9. The average Bonchev–Trinajstić information content (AvgIpc) is 2.66. The summed E-state index contributed by atoms with van der Waals surface area (Å²) in [6.07, 6.45) is 4.62. The van der Waals surface area contributed by atoms with Crippen molar-refractivity contribution in [2.45, 2.75) is 6.42 Å². The van der Waals surface area contributed by atoms with Crippen molar-refractivity contribution in [1.29, 1.82) is 0 Å². The van der Waals surface area contributed by atoms with E-state index in [0.29, 0.717) is 5.76 Å². The van der Waals surface area contributed by atoms with Crippen LogP contribution in [0.15, 0.2) is 22.6 Å². The molecular weight excluding hydrogens is 200 g/mol. The largest absolute Gasteiger partial charge is 0.463 e. The van der Waals surface area contributed by atoms with Gasteiger partial charge in [0.15, 0.2) is 0 Å². The summed E-state index contributed by atoms with van der Waals surface area (Å²) in [7, 11) is 1.32. The molecule has 0 N–H and O–H groups in total. The molecule has 4 heteroatoms. The first-order chi connectivity index (χ1) is 6.77. The smallest absolute Gasteiger partial charge is 0.373 e. The second-order valence-electron chi connectivity index (χ2n) is 2.61. The van der Waals surface area contributed by atoms with Crippen molar-refractivity contribution in [2.24, 2.45) is 0 Å². The molecule has 0 fully saturated rings. The lowest BCUT2D eigenvalue weighted by molar-refractivity contribution is 0.0564. The molecule has 1 aromatic heterocycles. The van der Waals surface area contributed by atoms with Crippen LogP contribution >= 0.6 is 12.6 Å². The van der Waals surface area contributed by atoms with Gasteiger partial charge in [-0.3, -0.25) is 0 Å². The second-order valence-corrected chi connectivity index (χ2v) is 3.06. The SMILES string of the molecule is COC(=O)c1ccc(C=CCCS)o1. The van der Waals surface area contributed by atoms with Crippen LogP contribution in [-0.2, 0) is 4.74 Å². The molecule has 0 radical (unpaired) electrons. The molecule has 1 aromatic rings. The summed E-state index contributed by atoms with van der Waals surface area (Å²) in [4.78, 5) is 11.0. The molecule has 1 rings (SSSR count). The molecule has 0 aliphatic rings. The number of hydrogen-bond acceptors (Lipinski definition) is 4. The van der Waals surface area contributed by atoms with Crippen molar-refractivity contribution in [3.63, 3.8) is 0 Å². The summed E-state index contributed by atoms with van der Waals surface area (Å²) < 4.78 is 9.70. The molecule has 0 amide bonds. The number of esters is 1. The van der Waals surface area contributed by atoms with Gasteiger partial charge in [0.05, 0.1) is 7.11 Å². The third kappa shape index (κ3) is 2.96. The molecule has 0 unspecified atom stereocenters. The van der Waals surface area contributed by atoms with E-state index in [1.807, 2.05) is 12.2 Å². The summed E-state index contributed by atoms with van der Waals surface area (Å²) in [6, 6.07) is 3.31. The Hall–Kier alpha value is -1.16. The minimum atomic E-state index is -0.459. The molecule has 0 aliphatic carbocycles. The third-order valence-electron chi connectivity index (χ3n) is 1.59.